The fourth-order valence-corrected chi connectivity index (χ4v) is 5.96. The minimum atomic E-state index is -4.77. The lowest BCUT2D eigenvalue weighted by atomic mass is 10.0. The van der Waals surface area contributed by atoms with Gasteiger partial charge in [-0.15, -0.1) is 0 Å². The molecule has 0 saturated heterocycles. The highest BCUT2D eigenvalue weighted by molar-refractivity contribution is 7.92. The Kier molecular flexibility index (Phi) is 7.19. The summed E-state index contributed by atoms with van der Waals surface area (Å²) in [5, 5.41) is 8.62. The number of carbonyl (C=O) groups excluding carboxylic acids is 1. The van der Waals surface area contributed by atoms with Gasteiger partial charge in [-0.25, -0.2) is 12.8 Å². The number of aromatic nitrogens is 2. The van der Waals surface area contributed by atoms with Crippen LogP contribution in [0.5, 0.6) is 5.75 Å². The molecule has 1 atom stereocenters. The third kappa shape index (κ3) is 5.34. The molecule has 2 N–H and O–H groups in total. The topological polar surface area (TPSA) is 104 Å². The third-order valence-electron chi connectivity index (χ3n) is 6.14. The van der Waals surface area contributed by atoms with Gasteiger partial charge in [0.2, 0.25) is 0 Å². The Morgan fingerprint density at radius 1 is 1.12 bits per heavy atom. The second-order valence-corrected chi connectivity index (χ2v) is 11.0. The molecule has 0 aliphatic carbocycles. The van der Waals surface area contributed by atoms with Crippen LogP contribution in [0.2, 0.25) is 5.02 Å². The van der Waals surface area contributed by atoms with Crippen molar-refractivity contribution in [2.45, 2.75) is 17.2 Å². The molecule has 1 aromatic heterocycles. The number of halogens is 5. The average Bonchev–Trinajstić information content (AvgIpc) is 3.47. The summed E-state index contributed by atoms with van der Waals surface area (Å²) in [6, 6.07) is 13.3. The highest BCUT2D eigenvalue weighted by atomic mass is 35.5. The summed E-state index contributed by atoms with van der Waals surface area (Å²) in [5.41, 5.74) is -0.338. The van der Waals surface area contributed by atoms with Crippen LogP contribution in [-0.4, -0.2) is 43.7 Å². The van der Waals surface area contributed by atoms with E-state index in [-0.39, 0.29) is 40.8 Å². The highest BCUT2D eigenvalue weighted by Crippen LogP contribution is 2.42. The van der Waals surface area contributed by atoms with Gasteiger partial charge in [-0.1, -0.05) is 35.9 Å². The Labute approximate surface area is 230 Å². The number of alkyl halides is 3. The summed E-state index contributed by atoms with van der Waals surface area (Å²) in [6.07, 6.45) is -4.30. The molecule has 1 aliphatic heterocycles. The van der Waals surface area contributed by atoms with Gasteiger partial charge >= 0.3 is 6.18 Å². The van der Waals surface area contributed by atoms with E-state index in [4.69, 9.17) is 16.3 Å². The summed E-state index contributed by atoms with van der Waals surface area (Å²) >= 11 is 6.14. The second kappa shape index (κ2) is 10.5. The first-order valence-corrected chi connectivity index (χ1v) is 13.5. The second-order valence-electron chi connectivity index (χ2n) is 8.77. The molecule has 4 aromatic rings. The smallest absolute Gasteiger partial charge is 0.416 e. The van der Waals surface area contributed by atoms with Gasteiger partial charge in [0, 0.05) is 11.8 Å². The molecular weight excluding hydrogens is 576 g/mol. The van der Waals surface area contributed by atoms with E-state index in [9.17, 15) is 30.8 Å². The quantitative estimate of drug-likeness (QED) is 0.296. The van der Waals surface area contributed by atoms with E-state index < -0.39 is 44.5 Å². The van der Waals surface area contributed by atoms with Crippen LogP contribution in [0, 0.1) is 5.82 Å². The maximum absolute atomic E-state index is 14.1. The number of hydrogen-bond donors (Lipinski definition) is 2. The van der Waals surface area contributed by atoms with E-state index in [0.717, 1.165) is 22.5 Å². The molecule has 8 nitrogen and oxygen atoms in total. The van der Waals surface area contributed by atoms with Crippen molar-refractivity contribution in [2.24, 2.45) is 0 Å². The minimum Gasteiger partial charge on any atom is -0.484 e. The molecule has 5 rings (SSSR count). The van der Waals surface area contributed by atoms with Gasteiger partial charge in [0.1, 0.15) is 23.4 Å². The molecule has 208 valence electrons. The fourth-order valence-electron chi connectivity index (χ4n) is 4.18. The summed E-state index contributed by atoms with van der Waals surface area (Å²) in [5.74, 6) is -1.12. The van der Waals surface area contributed by atoms with Crippen LogP contribution in [0.3, 0.4) is 0 Å². The van der Waals surface area contributed by atoms with Crippen LogP contribution in [0.4, 0.5) is 23.2 Å². The van der Waals surface area contributed by atoms with Gasteiger partial charge in [0.15, 0.2) is 0 Å². The van der Waals surface area contributed by atoms with E-state index in [1.165, 1.54) is 42.6 Å². The van der Waals surface area contributed by atoms with Crippen LogP contribution < -0.4 is 14.4 Å². The molecule has 0 radical (unpaired) electrons. The van der Waals surface area contributed by atoms with Crippen molar-refractivity contribution in [3.8, 4) is 16.9 Å². The number of anilines is 1. The largest absolute Gasteiger partial charge is 0.484 e. The number of aromatic amines is 1. The normalized spacial score (nSPS) is 15.3. The van der Waals surface area contributed by atoms with Crippen LogP contribution in [0.15, 0.2) is 77.8 Å². The maximum Gasteiger partial charge on any atom is 0.416 e. The summed E-state index contributed by atoms with van der Waals surface area (Å²) in [6.45, 7) is -0.488. The van der Waals surface area contributed by atoms with Gasteiger partial charge < -0.3 is 10.1 Å². The van der Waals surface area contributed by atoms with Crippen LogP contribution in [-0.2, 0) is 16.2 Å². The van der Waals surface area contributed by atoms with Crippen molar-refractivity contribution in [2.75, 3.05) is 17.4 Å². The molecule has 0 bridgehead atoms. The van der Waals surface area contributed by atoms with E-state index in [1.807, 2.05) is 0 Å². The minimum absolute atomic E-state index is 0.00591. The fraction of sp³-hybridized carbons (Fsp3) is 0.154. The zero-order chi connectivity index (χ0) is 28.7. The van der Waals surface area contributed by atoms with Gasteiger partial charge in [-0.05, 0) is 48.0 Å². The van der Waals surface area contributed by atoms with Crippen LogP contribution >= 0.6 is 11.6 Å². The number of amides is 1. The average molecular weight is 595 g/mol. The molecule has 0 fully saturated rings. The van der Waals surface area contributed by atoms with E-state index >= 15 is 0 Å². The number of rotatable bonds is 6. The third-order valence-corrected chi connectivity index (χ3v) is 8.30. The molecule has 14 heteroatoms. The highest BCUT2D eigenvalue weighted by Gasteiger charge is 2.37. The molecule has 1 aliphatic rings. The monoisotopic (exact) mass is 594 g/mol. The number of ether oxygens (including phenoxy) is 1. The van der Waals surface area contributed by atoms with Crippen molar-refractivity contribution in [3.63, 3.8) is 0 Å². The lowest BCUT2D eigenvalue weighted by Gasteiger charge is -2.36. The molecule has 0 saturated carbocycles. The lowest BCUT2D eigenvalue weighted by Crippen LogP contribution is -2.48. The number of hydrogen-bond acceptors (Lipinski definition) is 5. The molecule has 0 spiro atoms. The summed E-state index contributed by atoms with van der Waals surface area (Å²) in [7, 11) is -4.57. The zero-order valence-corrected chi connectivity index (χ0v) is 21.8. The van der Waals surface area contributed by atoms with Crippen LogP contribution in [0.25, 0.3) is 11.1 Å². The van der Waals surface area contributed by atoms with Crippen molar-refractivity contribution in [3.05, 3.63) is 95.0 Å². The molecular formula is C26H19ClF4N4O4S. The SMILES string of the molecule is O=C(NC[C@H]1CN(S(=O)(=O)c2cccc(C(F)(F)F)c2)c2cc(-c3cccc(F)c3Cl)ccc2O1)c1ccn[nH]1. The summed E-state index contributed by atoms with van der Waals surface area (Å²) in [4.78, 5) is 11.8. The van der Waals surface area contributed by atoms with Gasteiger partial charge in [-0.3, -0.25) is 14.2 Å². The van der Waals surface area contributed by atoms with Gasteiger partial charge in [0.05, 0.1) is 34.3 Å². The standard InChI is InChI=1S/C26H19ClF4N4O4S/c27-24-19(5-2-6-20(24)28)15-7-8-23-22(11-15)35(14-17(39-23)13-32-25(36)21-9-10-33-34-21)40(37,38)18-4-1-3-16(12-18)26(29,30)31/h1-12,17H,13-14H2,(H,32,36)(H,33,34)/t17-/m0/s1. The summed E-state index contributed by atoms with van der Waals surface area (Å²) < 4.78 is 88.7. The number of fused-ring (bicyclic) bond motifs is 1. The zero-order valence-electron chi connectivity index (χ0n) is 20.2. The predicted octanol–water partition coefficient (Wildman–Crippen LogP) is 5.27. The van der Waals surface area contributed by atoms with Crippen LogP contribution in [0.1, 0.15) is 16.1 Å². The van der Waals surface area contributed by atoms with Gasteiger partial charge in [0.25, 0.3) is 15.9 Å². The molecule has 2 heterocycles. The van der Waals surface area contributed by atoms with Crippen molar-refractivity contribution in [1.82, 2.24) is 15.5 Å². The number of sulfonamides is 1. The number of nitrogens with one attached hydrogen (secondary N) is 2. The van der Waals surface area contributed by atoms with Gasteiger partial charge in [-0.2, -0.15) is 18.3 Å². The van der Waals surface area contributed by atoms with Crippen molar-refractivity contribution < 1.29 is 35.5 Å². The number of H-pyrrole nitrogens is 1. The molecule has 3 aromatic carbocycles. The Bertz CT molecular complexity index is 1680. The molecule has 40 heavy (non-hydrogen) atoms. The van der Waals surface area contributed by atoms with Crippen molar-refractivity contribution in [1.29, 1.82) is 0 Å². The van der Waals surface area contributed by atoms with E-state index in [2.05, 4.69) is 15.5 Å². The van der Waals surface area contributed by atoms with E-state index in [1.54, 1.807) is 6.07 Å². The number of carbonyl (C=O) groups is 1. The predicted molar refractivity (Wildman–Crippen MR) is 138 cm³/mol. The Morgan fingerprint density at radius 3 is 2.62 bits per heavy atom. The number of nitrogens with zero attached hydrogens (tertiary/aromatic N) is 2. The number of benzene rings is 3. The Balaban J connectivity index is 1.55. The maximum atomic E-state index is 14.1. The first-order chi connectivity index (χ1) is 18.9. The Morgan fingerprint density at radius 2 is 1.90 bits per heavy atom. The molecule has 0 unspecified atom stereocenters. The first-order valence-electron chi connectivity index (χ1n) is 11.7. The molecule has 1 amide bonds. The lowest BCUT2D eigenvalue weighted by molar-refractivity contribution is -0.137. The van der Waals surface area contributed by atoms with Crippen molar-refractivity contribution >= 4 is 33.2 Å². The first kappa shape index (κ1) is 27.5. The van der Waals surface area contributed by atoms with E-state index in [0.29, 0.717) is 11.6 Å². The Hall–Kier alpha value is -4.10.